The standard InChI is InChI=1S/C12H24N2O/c1-9(6-8-13)11(15)14-10-5-4-7-12(10,2)3/h9-10H,4-8,13H2,1-3H3,(H,14,15). The van der Waals surface area contributed by atoms with Crippen LogP contribution in [0.4, 0.5) is 0 Å². The molecule has 88 valence electrons. The van der Waals surface area contributed by atoms with Gasteiger partial charge in [0, 0.05) is 12.0 Å². The number of hydrogen-bond donors (Lipinski definition) is 2. The molecule has 3 heteroatoms. The van der Waals surface area contributed by atoms with E-state index in [4.69, 9.17) is 5.73 Å². The minimum absolute atomic E-state index is 0.0476. The summed E-state index contributed by atoms with van der Waals surface area (Å²) >= 11 is 0. The van der Waals surface area contributed by atoms with Gasteiger partial charge in [-0.05, 0) is 31.2 Å². The highest BCUT2D eigenvalue weighted by molar-refractivity contribution is 5.78. The number of nitrogens with two attached hydrogens (primary N) is 1. The van der Waals surface area contributed by atoms with E-state index in [0.717, 1.165) is 12.8 Å². The Morgan fingerprint density at radius 3 is 2.73 bits per heavy atom. The van der Waals surface area contributed by atoms with Crippen LogP contribution in [0.3, 0.4) is 0 Å². The van der Waals surface area contributed by atoms with Crippen LogP contribution < -0.4 is 11.1 Å². The summed E-state index contributed by atoms with van der Waals surface area (Å²) < 4.78 is 0. The van der Waals surface area contributed by atoms with E-state index in [1.165, 1.54) is 12.8 Å². The van der Waals surface area contributed by atoms with Crippen LogP contribution in [-0.2, 0) is 4.79 Å². The topological polar surface area (TPSA) is 55.1 Å². The molecule has 3 nitrogen and oxygen atoms in total. The summed E-state index contributed by atoms with van der Waals surface area (Å²) in [6.45, 7) is 7.00. The lowest BCUT2D eigenvalue weighted by atomic mass is 9.87. The Hall–Kier alpha value is -0.570. The Morgan fingerprint density at radius 2 is 2.27 bits per heavy atom. The van der Waals surface area contributed by atoms with E-state index in [1.54, 1.807) is 0 Å². The molecule has 15 heavy (non-hydrogen) atoms. The number of nitrogens with one attached hydrogen (secondary N) is 1. The van der Waals surface area contributed by atoms with Crippen molar-refractivity contribution in [2.75, 3.05) is 6.54 Å². The van der Waals surface area contributed by atoms with Gasteiger partial charge in [-0.1, -0.05) is 27.2 Å². The Morgan fingerprint density at radius 1 is 1.60 bits per heavy atom. The molecule has 1 aliphatic rings. The van der Waals surface area contributed by atoms with E-state index in [9.17, 15) is 4.79 Å². The molecule has 2 unspecified atom stereocenters. The molecule has 0 saturated heterocycles. The van der Waals surface area contributed by atoms with Gasteiger partial charge < -0.3 is 11.1 Å². The van der Waals surface area contributed by atoms with Gasteiger partial charge in [-0.15, -0.1) is 0 Å². The summed E-state index contributed by atoms with van der Waals surface area (Å²) in [4.78, 5) is 11.8. The molecule has 0 aromatic rings. The van der Waals surface area contributed by atoms with Crippen molar-refractivity contribution in [1.82, 2.24) is 5.32 Å². The van der Waals surface area contributed by atoms with Gasteiger partial charge in [0.2, 0.25) is 5.91 Å². The van der Waals surface area contributed by atoms with Crippen molar-refractivity contribution in [3.8, 4) is 0 Å². The molecule has 1 saturated carbocycles. The zero-order chi connectivity index (χ0) is 11.5. The summed E-state index contributed by atoms with van der Waals surface area (Å²) in [6.07, 6.45) is 4.33. The van der Waals surface area contributed by atoms with Crippen LogP contribution in [0.5, 0.6) is 0 Å². The van der Waals surface area contributed by atoms with Crippen LogP contribution >= 0.6 is 0 Å². The predicted molar refractivity (Wildman–Crippen MR) is 62.4 cm³/mol. The van der Waals surface area contributed by atoms with Crippen molar-refractivity contribution in [2.24, 2.45) is 17.1 Å². The third kappa shape index (κ3) is 3.20. The lowest BCUT2D eigenvalue weighted by Crippen LogP contribution is -2.44. The third-order valence-electron chi connectivity index (χ3n) is 3.62. The van der Waals surface area contributed by atoms with Crippen LogP contribution in [0.25, 0.3) is 0 Å². The van der Waals surface area contributed by atoms with Crippen LogP contribution in [0.15, 0.2) is 0 Å². The van der Waals surface area contributed by atoms with Gasteiger partial charge in [-0.2, -0.15) is 0 Å². The molecule has 0 bridgehead atoms. The first-order chi connectivity index (χ1) is 6.97. The van der Waals surface area contributed by atoms with Gasteiger partial charge in [0.1, 0.15) is 0 Å². The van der Waals surface area contributed by atoms with E-state index < -0.39 is 0 Å². The molecule has 0 aromatic carbocycles. The van der Waals surface area contributed by atoms with E-state index in [1.807, 2.05) is 6.92 Å². The van der Waals surface area contributed by atoms with E-state index >= 15 is 0 Å². The monoisotopic (exact) mass is 212 g/mol. The molecule has 0 radical (unpaired) electrons. The first-order valence-electron chi connectivity index (χ1n) is 5.98. The van der Waals surface area contributed by atoms with Crippen molar-refractivity contribution in [3.05, 3.63) is 0 Å². The van der Waals surface area contributed by atoms with E-state index in [2.05, 4.69) is 19.2 Å². The van der Waals surface area contributed by atoms with Crippen LogP contribution in [0, 0.1) is 11.3 Å². The Labute approximate surface area is 92.8 Å². The zero-order valence-electron chi connectivity index (χ0n) is 10.2. The molecule has 0 aliphatic heterocycles. The molecule has 3 N–H and O–H groups in total. The van der Waals surface area contributed by atoms with Crippen molar-refractivity contribution >= 4 is 5.91 Å². The largest absolute Gasteiger partial charge is 0.353 e. The quantitative estimate of drug-likeness (QED) is 0.744. The zero-order valence-corrected chi connectivity index (χ0v) is 10.2. The van der Waals surface area contributed by atoms with Gasteiger partial charge in [-0.3, -0.25) is 4.79 Å². The molecule has 0 heterocycles. The lowest BCUT2D eigenvalue weighted by molar-refractivity contribution is -0.126. The Bertz CT molecular complexity index is 226. The fourth-order valence-corrected chi connectivity index (χ4v) is 2.29. The molecule has 0 spiro atoms. The number of carbonyl (C=O) groups is 1. The summed E-state index contributed by atoms with van der Waals surface area (Å²) in [7, 11) is 0. The molecule has 1 aliphatic carbocycles. The average Bonchev–Trinajstić information content (AvgIpc) is 2.46. The average molecular weight is 212 g/mol. The van der Waals surface area contributed by atoms with Crippen molar-refractivity contribution in [2.45, 2.75) is 52.5 Å². The molecule has 2 atom stereocenters. The summed E-state index contributed by atoms with van der Waals surface area (Å²) in [5.41, 5.74) is 5.71. The highest BCUT2D eigenvalue weighted by atomic mass is 16.1. The van der Waals surface area contributed by atoms with Gasteiger partial charge >= 0.3 is 0 Å². The molecule has 1 fully saturated rings. The summed E-state index contributed by atoms with van der Waals surface area (Å²) in [5, 5.41) is 3.16. The van der Waals surface area contributed by atoms with E-state index in [-0.39, 0.29) is 17.2 Å². The normalized spacial score (nSPS) is 26.3. The second-order valence-corrected chi connectivity index (χ2v) is 5.42. The third-order valence-corrected chi connectivity index (χ3v) is 3.62. The van der Waals surface area contributed by atoms with Crippen LogP contribution in [0.1, 0.15) is 46.5 Å². The second kappa shape index (κ2) is 4.97. The molecule has 1 amide bonds. The smallest absolute Gasteiger partial charge is 0.223 e. The van der Waals surface area contributed by atoms with Gasteiger partial charge in [0.05, 0.1) is 0 Å². The molecular formula is C12H24N2O. The minimum atomic E-state index is 0.0476. The first-order valence-corrected chi connectivity index (χ1v) is 5.98. The summed E-state index contributed by atoms with van der Waals surface area (Å²) in [5.74, 6) is 0.215. The highest BCUT2D eigenvalue weighted by Crippen LogP contribution is 2.37. The van der Waals surface area contributed by atoms with E-state index in [0.29, 0.717) is 12.6 Å². The Kier molecular flexibility index (Phi) is 4.14. The maximum Gasteiger partial charge on any atom is 0.223 e. The second-order valence-electron chi connectivity index (χ2n) is 5.42. The van der Waals surface area contributed by atoms with Crippen LogP contribution in [0.2, 0.25) is 0 Å². The lowest BCUT2D eigenvalue weighted by Gasteiger charge is -2.28. The fraction of sp³-hybridized carbons (Fsp3) is 0.917. The number of hydrogen-bond acceptors (Lipinski definition) is 2. The van der Waals surface area contributed by atoms with Gasteiger partial charge in [0.15, 0.2) is 0 Å². The van der Waals surface area contributed by atoms with Crippen molar-refractivity contribution < 1.29 is 4.79 Å². The molecule has 1 rings (SSSR count). The number of rotatable bonds is 4. The minimum Gasteiger partial charge on any atom is -0.353 e. The highest BCUT2D eigenvalue weighted by Gasteiger charge is 2.35. The van der Waals surface area contributed by atoms with Crippen molar-refractivity contribution in [1.29, 1.82) is 0 Å². The van der Waals surface area contributed by atoms with Crippen LogP contribution in [-0.4, -0.2) is 18.5 Å². The maximum atomic E-state index is 11.8. The summed E-state index contributed by atoms with van der Waals surface area (Å²) in [6, 6.07) is 0.352. The SMILES string of the molecule is CC(CCN)C(=O)NC1CCCC1(C)C. The predicted octanol–water partition coefficient (Wildman–Crippen LogP) is 1.67. The first kappa shape index (κ1) is 12.5. The molecular weight excluding hydrogens is 188 g/mol. The maximum absolute atomic E-state index is 11.8. The van der Waals surface area contributed by atoms with Crippen molar-refractivity contribution in [3.63, 3.8) is 0 Å². The van der Waals surface area contributed by atoms with Gasteiger partial charge in [0.25, 0.3) is 0 Å². The fourth-order valence-electron chi connectivity index (χ4n) is 2.29. The molecule has 0 aromatic heterocycles. The van der Waals surface area contributed by atoms with Gasteiger partial charge in [-0.25, -0.2) is 0 Å². The Balaban J connectivity index is 2.44. The number of amides is 1. The number of carbonyl (C=O) groups excluding carboxylic acids is 1.